The van der Waals surface area contributed by atoms with Gasteiger partial charge in [-0.15, -0.1) is 0 Å². The van der Waals surface area contributed by atoms with Crippen molar-refractivity contribution in [3.8, 4) is 0 Å². The summed E-state index contributed by atoms with van der Waals surface area (Å²) in [5.74, 6) is -0.757. The van der Waals surface area contributed by atoms with Crippen molar-refractivity contribution < 1.29 is 9.90 Å². The van der Waals surface area contributed by atoms with Crippen LogP contribution in [0.4, 0.5) is 0 Å². The average molecular weight is 310 g/mol. The standard InChI is InChI=1S/C19H22N2O2/c20-12-11-15-7-9-16(10-8-15)18(5-1-2-6-19(22)23)17-4-3-13-21-14-17/h3-5,7-10,13-14H,1-2,6,11-12,20H2,(H,22,23). The fraction of sp³-hybridized carbons (Fsp3) is 0.263. The van der Waals surface area contributed by atoms with Gasteiger partial charge in [0.2, 0.25) is 0 Å². The van der Waals surface area contributed by atoms with Gasteiger partial charge < -0.3 is 10.8 Å². The van der Waals surface area contributed by atoms with Crippen LogP contribution in [-0.2, 0) is 11.2 Å². The van der Waals surface area contributed by atoms with Crippen LogP contribution in [0.2, 0.25) is 0 Å². The molecule has 0 saturated carbocycles. The van der Waals surface area contributed by atoms with Crippen LogP contribution >= 0.6 is 0 Å². The Labute approximate surface area is 136 Å². The van der Waals surface area contributed by atoms with Crippen LogP contribution in [0.25, 0.3) is 5.57 Å². The molecule has 4 nitrogen and oxygen atoms in total. The Morgan fingerprint density at radius 3 is 2.57 bits per heavy atom. The molecule has 2 rings (SSSR count). The molecule has 23 heavy (non-hydrogen) atoms. The van der Waals surface area contributed by atoms with Crippen LogP contribution in [0.5, 0.6) is 0 Å². The highest BCUT2D eigenvalue weighted by molar-refractivity contribution is 5.79. The number of unbranched alkanes of at least 4 members (excludes halogenated alkanes) is 1. The van der Waals surface area contributed by atoms with Gasteiger partial charge in [-0.05, 0) is 48.6 Å². The van der Waals surface area contributed by atoms with Crippen molar-refractivity contribution >= 4 is 11.5 Å². The molecule has 0 bridgehead atoms. The fourth-order valence-electron chi connectivity index (χ4n) is 2.44. The smallest absolute Gasteiger partial charge is 0.303 e. The van der Waals surface area contributed by atoms with E-state index in [1.54, 1.807) is 6.20 Å². The monoisotopic (exact) mass is 310 g/mol. The number of carboxylic acid groups (broad SMARTS) is 1. The fourth-order valence-corrected chi connectivity index (χ4v) is 2.44. The number of carbonyl (C=O) groups is 1. The number of aromatic nitrogens is 1. The molecule has 0 fully saturated rings. The van der Waals surface area contributed by atoms with E-state index in [0.717, 1.165) is 29.5 Å². The normalized spacial score (nSPS) is 11.4. The third kappa shape index (κ3) is 5.34. The van der Waals surface area contributed by atoms with Crippen molar-refractivity contribution in [3.05, 3.63) is 71.6 Å². The van der Waals surface area contributed by atoms with Crippen LogP contribution in [0, 0.1) is 0 Å². The first-order chi connectivity index (χ1) is 11.2. The van der Waals surface area contributed by atoms with Crippen LogP contribution in [-0.4, -0.2) is 22.6 Å². The summed E-state index contributed by atoms with van der Waals surface area (Å²) in [6.07, 6.45) is 8.08. The number of pyridine rings is 1. The Hall–Kier alpha value is -2.46. The minimum atomic E-state index is -0.757. The number of hydrogen-bond acceptors (Lipinski definition) is 3. The Balaban J connectivity index is 2.22. The molecule has 1 aromatic carbocycles. The quantitative estimate of drug-likeness (QED) is 0.734. The van der Waals surface area contributed by atoms with E-state index in [-0.39, 0.29) is 6.42 Å². The number of carboxylic acids is 1. The van der Waals surface area contributed by atoms with E-state index in [1.165, 1.54) is 5.56 Å². The summed E-state index contributed by atoms with van der Waals surface area (Å²) in [7, 11) is 0. The van der Waals surface area contributed by atoms with Gasteiger partial charge in [-0.25, -0.2) is 0 Å². The van der Waals surface area contributed by atoms with Crippen molar-refractivity contribution in [2.24, 2.45) is 5.73 Å². The summed E-state index contributed by atoms with van der Waals surface area (Å²) in [4.78, 5) is 14.8. The molecule has 0 amide bonds. The lowest BCUT2D eigenvalue weighted by atomic mass is 9.96. The summed E-state index contributed by atoms with van der Waals surface area (Å²) < 4.78 is 0. The topological polar surface area (TPSA) is 76.2 Å². The molecule has 0 radical (unpaired) electrons. The predicted molar refractivity (Wildman–Crippen MR) is 92.0 cm³/mol. The largest absolute Gasteiger partial charge is 0.481 e. The minimum Gasteiger partial charge on any atom is -0.481 e. The summed E-state index contributed by atoms with van der Waals surface area (Å²) in [6, 6.07) is 12.3. The molecule has 0 unspecified atom stereocenters. The molecule has 0 saturated heterocycles. The van der Waals surface area contributed by atoms with Gasteiger partial charge >= 0.3 is 5.97 Å². The molecular weight excluding hydrogens is 288 g/mol. The minimum absolute atomic E-state index is 0.187. The third-order valence-corrected chi connectivity index (χ3v) is 3.61. The molecule has 0 spiro atoms. The number of hydrogen-bond donors (Lipinski definition) is 2. The van der Waals surface area contributed by atoms with Gasteiger partial charge in [0.25, 0.3) is 0 Å². The summed E-state index contributed by atoms with van der Waals surface area (Å²) in [5, 5.41) is 8.75. The number of aliphatic carboxylic acids is 1. The lowest BCUT2D eigenvalue weighted by Crippen LogP contribution is -2.02. The highest BCUT2D eigenvalue weighted by Crippen LogP contribution is 2.24. The number of allylic oxidation sites excluding steroid dienone is 1. The van der Waals surface area contributed by atoms with Gasteiger partial charge in [0.15, 0.2) is 0 Å². The molecule has 1 heterocycles. The molecular formula is C19H22N2O2. The Morgan fingerprint density at radius 2 is 1.96 bits per heavy atom. The Morgan fingerprint density at radius 1 is 1.17 bits per heavy atom. The Bertz CT molecular complexity index is 649. The highest BCUT2D eigenvalue weighted by atomic mass is 16.4. The van der Waals surface area contributed by atoms with Crippen LogP contribution in [0.15, 0.2) is 54.9 Å². The number of rotatable bonds is 8. The number of nitrogens with two attached hydrogens (primary N) is 1. The van der Waals surface area contributed by atoms with Crippen molar-refractivity contribution in [1.82, 2.24) is 4.98 Å². The second-order valence-corrected chi connectivity index (χ2v) is 5.38. The van der Waals surface area contributed by atoms with Gasteiger partial charge in [0, 0.05) is 24.4 Å². The first-order valence-corrected chi connectivity index (χ1v) is 7.82. The molecule has 120 valence electrons. The predicted octanol–water partition coefficient (Wildman–Crippen LogP) is 3.27. The second-order valence-electron chi connectivity index (χ2n) is 5.38. The van der Waals surface area contributed by atoms with E-state index in [9.17, 15) is 4.79 Å². The molecule has 0 atom stereocenters. The maximum Gasteiger partial charge on any atom is 0.303 e. The molecule has 1 aromatic heterocycles. The zero-order chi connectivity index (χ0) is 16.5. The molecule has 0 aliphatic rings. The summed E-state index contributed by atoms with van der Waals surface area (Å²) in [6.45, 7) is 0.639. The lowest BCUT2D eigenvalue weighted by Gasteiger charge is -2.09. The number of nitrogens with zero attached hydrogens (tertiary/aromatic N) is 1. The molecule has 0 aliphatic heterocycles. The lowest BCUT2D eigenvalue weighted by molar-refractivity contribution is -0.137. The van der Waals surface area contributed by atoms with E-state index in [0.29, 0.717) is 13.0 Å². The van der Waals surface area contributed by atoms with Crippen LogP contribution in [0.1, 0.15) is 36.0 Å². The molecule has 0 aliphatic carbocycles. The molecule has 2 aromatic rings. The van der Waals surface area contributed by atoms with Gasteiger partial charge in [-0.2, -0.15) is 0 Å². The first kappa shape index (κ1) is 16.9. The van der Waals surface area contributed by atoms with Crippen molar-refractivity contribution in [2.45, 2.75) is 25.7 Å². The van der Waals surface area contributed by atoms with E-state index < -0.39 is 5.97 Å². The average Bonchev–Trinajstić information content (AvgIpc) is 2.57. The summed E-state index contributed by atoms with van der Waals surface area (Å²) in [5.41, 5.74) is 10.0. The second kappa shape index (κ2) is 8.86. The van der Waals surface area contributed by atoms with E-state index in [4.69, 9.17) is 10.8 Å². The maximum atomic E-state index is 10.6. The first-order valence-electron chi connectivity index (χ1n) is 7.82. The van der Waals surface area contributed by atoms with E-state index in [2.05, 4.69) is 35.3 Å². The highest BCUT2D eigenvalue weighted by Gasteiger charge is 2.06. The van der Waals surface area contributed by atoms with Gasteiger partial charge in [0.05, 0.1) is 0 Å². The van der Waals surface area contributed by atoms with Crippen molar-refractivity contribution in [1.29, 1.82) is 0 Å². The molecule has 4 heteroatoms. The zero-order valence-electron chi connectivity index (χ0n) is 13.1. The Kier molecular flexibility index (Phi) is 6.51. The maximum absolute atomic E-state index is 10.6. The third-order valence-electron chi connectivity index (χ3n) is 3.61. The van der Waals surface area contributed by atoms with Gasteiger partial charge in [0.1, 0.15) is 0 Å². The van der Waals surface area contributed by atoms with E-state index in [1.807, 2.05) is 18.3 Å². The zero-order valence-corrected chi connectivity index (χ0v) is 13.1. The van der Waals surface area contributed by atoms with E-state index >= 15 is 0 Å². The number of benzene rings is 1. The van der Waals surface area contributed by atoms with Crippen LogP contribution < -0.4 is 5.73 Å². The van der Waals surface area contributed by atoms with Crippen molar-refractivity contribution in [2.75, 3.05) is 6.54 Å². The van der Waals surface area contributed by atoms with Crippen LogP contribution in [0.3, 0.4) is 0 Å². The van der Waals surface area contributed by atoms with Gasteiger partial charge in [-0.1, -0.05) is 36.4 Å². The SMILES string of the molecule is NCCc1ccc(C(=CCCCC(=O)O)c2cccnc2)cc1. The van der Waals surface area contributed by atoms with Crippen molar-refractivity contribution in [3.63, 3.8) is 0 Å². The van der Waals surface area contributed by atoms with Gasteiger partial charge in [-0.3, -0.25) is 9.78 Å². The summed E-state index contributed by atoms with van der Waals surface area (Å²) >= 11 is 0. The molecule has 3 N–H and O–H groups in total.